The van der Waals surface area contributed by atoms with Gasteiger partial charge in [-0.15, -0.1) is 0 Å². The van der Waals surface area contributed by atoms with Gasteiger partial charge in [0.05, 0.1) is 18.0 Å². The van der Waals surface area contributed by atoms with E-state index in [0.717, 1.165) is 23.7 Å². The van der Waals surface area contributed by atoms with Crippen LogP contribution in [0, 0.1) is 0 Å². The minimum absolute atomic E-state index is 0.144. The second-order valence-corrected chi connectivity index (χ2v) is 10.8. The fraction of sp³-hybridized carbons (Fsp3) is 0.400. The van der Waals surface area contributed by atoms with Gasteiger partial charge in [0, 0.05) is 18.8 Å². The Kier molecular flexibility index (Phi) is 5.45. The summed E-state index contributed by atoms with van der Waals surface area (Å²) >= 11 is -1.17. The molecule has 2 fully saturated rings. The van der Waals surface area contributed by atoms with Gasteiger partial charge in [-0.2, -0.15) is 4.31 Å². The van der Waals surface area contributed by atoms with Gasteiger partial charge >= 0.3 is 0 Å². The van der Waals surface area contributed by atoms with Crippen molar-refractivity contribution in [2.24, 2.45) is 0 Å². The molecule has 1 atom stereocenters. The summed E-state index contributed by atoms with van der Waals surface area (Å²) in [6.07, 6.45) is 3.64. The Morgan fingerprint density at radius 1 is 0.889 bits per heavy atom. The molecule has 2 aliphatic heterocycles. The second-order valence-electron chi connectivity index (χ2n) is 7.10. The Bertz CT molecular complexity index is 860. The van der Waals surface area contributed by atoms with Gasteiger partial charge in [0.1, 0.15) is 5.25 Å². The largest absolute Gasteiger partial charge is 0.611 e. The summed E-state index contributed by atoms with van der Waals surface area (Å²) in [7, 11) is -3.52. The number of benzene rings is 2. The Morgan fingerprint density at radius 2 is 1.52 bits per heavy atom. The lowest BCUT2D eigenvalue weighted by molar-refractivity contribution is 0.309. The zero-order valence-corrected chi connectivity index (χ0v) is 16.8. The third-order valence-electron chi connectivity index (χ3n) is 5.29. The van der Waals surface area contributed by atoms with Crippen molar-refractivity contribution in [3.05, 3.63) is 54.6 Å². The summed E-state index contributed by atoms with van der Waals surface area (Å²) < 4.78 is 39.6. The van der Waals surface area contributed by atoms with Crippen LogP contribution in [0.4, 0.5) is 5.69 Å². The van der Waals surface area contributed by atoms with Crippen LogP contribution in [0.5, 0.6) is 0 Å². The molecule has 2 aromatic carbocycles. The lowest BCUT2D eigenvalue weighted by Gasteiger charge is -2.38. The number of piperidine rings is 1. The van der Waals surface area contributed by atoms with Gasteiger partial charge in [-0.05, 0) is 66.8 Å². The lowest BCUT2D eigenvalue weighted by Crippen LogP contribution is -2.56. The maximum Gasteiger partial charge on any atom is 0.243 e. The Labute approximate surface area is 164 Å². The second kappa shape index (κ2) is 7.83. The monoisotopic (exact) mass is 404 g/mol. The average molecular weight is 405 g/mol. The molecular weight excluding hydrogens is 380 g/mol. The molecule has 0 aromatic heterocycles. The minimum Gasteiger partial charge on any atom is -0.611 e. The highest BCUT2D eigenvalue weighted by atomic mass is 32.2. The molecule has 0 amide bonds. The molecule has 2 heterocycles. The van der Waals surface area contributed by atoms with Crippen LogP contribution in [0.1, 0.15) is 19.3 Å². The fourth-order valence-corrected chi connectivity index (χ4v) is 6.77. The van der Waals surface area contributed by atoms with E-state index in [1.165, 1.54) is 23.6 Å². The third kappa shape index (κ3) is 3.87. The predicted octanol–water partition coefficient (Wildman–Crippen LogP) is 2.86. The molecule has 27 heavy (non-hydrogen) atoms. The number of nitrogens with zero attached hydrogens (tertiary/aromatic N) is 2. The molecule has 144 valence electrons. The lowest BCUT2D eigenvalue weighted by atomic mass is 10.1. The standard InChI is InChI=1S/C20H24N2O3S2/c23-26(18-7-3-1-4-8-18)19-15-22(16-19)27(24,25)20-11-9-17(10-12-20)21-13-5-2-6-14-21/h1,3-4,7-12,19H,2,5-6,13-16H2. The number of sulfonamides is 1. The van der Waals surface area contributed by atoms with E-state index in [9.17, 15) is 13.0 Å². The van der Waals surface area contributed by atoms with E-state index < -0.39 is 21.2 Å². The molecule has 0 bridgehead atoms. The van der Waals surface area contributed by atoms with E-state index in [4.69, 9.17) is 0 Å². The molecule has 0 saturated carbocycles. The summed E-state index contributed by atoms with van der Waals surface area (Å²) in [6.45, 7) is 2.67. The van der Waals surface area contributed by atoms with Crippen molar-refractivity contribution in [2.45, 2.75) is 34.3 Å². The summed E-state index contributed by atoms with van der Waals surface area (Å²) in [5.41, 5.74) is 1.08. The molecule has 0 radical (unpaired) electrons. The first-order valence-electron chi connectivity index (χ1n) is 9.36. The molecule has 5 nitrogen and oxygen atoms in total. The van der Waals surface area contributed by atoms with E-state index >= 15 is 0 Å². The maximum atomic E-state index is 12.8. The molecule has 0 N–H and O–H groups in total. The van der Waals surface area contributed by atoms with Gasteiger partial charge in [-0.3, -0.25) is 0 Å². The van der Waals surface area contributed by atoms with Crippen LogP contribution < -0.4 is 4.90 Å². The molecule has 0 aliphatic carbocycles. The highest BCUT2D eigenvalue weighted by molar-refractivity contribution is 7.92. The molecule has 1 unspecified atom stereocenters. The highest BCUT2D eigenvalue weighted by Gasteiger charge is 2.43. The van der Waals surface area contributed by atoms with Crippen molar-refractivity contribution in [3.63, 3.8) is 0 Å². The zero-order chi connectivity index (χ0) is 18.9. The number of rotatable bonds is 5. The molecule has 0 spiro atoms. The van der Waals surface area contributed by atoms with Gasteiger partial charge < -0.3 is 9.45 Å². The molecular formula is C20H24N2O3S2. The van der Waals surface area contributed by atoms with Crippen molar-refractivity contribution in [2.75, 3.05) is 31.1 Å². The Balaban J connectivity index is 1.40. The van der Waals surface area contributed by atoms with Crippen LogP contribution in [0.3, 0.4) is 0 Å². The van der Waals surface area contributed by atoms with E-state index in [-0.39, 0.29) is 5.25 Å². The van der Waals surface area contributed by atoms with E-state index in [1.807, 2.05) is 42.5 Å². The highest BCUT2D eigenvalue weighted by Crippen LogP contribution is 2.30. The van der Waals surface area contributed by atoms with Gasteiger partial charge in [0.15, 0.2) is 4.90 Å². The van der Waals surface area contributed by atoms with Crippen LogP contribution in [0.15, 0.2) is 64.4 Å². The summed E-state index contributed by atoms with van der Waals surface area (Å²) in [5, 5.41) is -0.144. The molecule has 7 heteroatoms. The number of anilines is 1. The summed E-state index contributed by atoms with van der Waals surface area (Å²) in [6, 6.07) is 16.4. The first-order valence-corrected chi connectivity index (χ1v) is 12.0. The van der Waals surface area contributed by atoms with Gasteiger partial charge in [0.25, 0.3) is 0 Å². The van der Waals surface area contributed by atoms with Gasteiger partial charge in [-0.25, -0.2) is 8.42 Å². The Hall–Kier alpha value is -1.54. The smallest absolute Gasteiger partial charge is 0.243 e. The third-order valence-corrected chi connectivity index (χ3v) is 8.77. The number of hydrogen-bond donors (Lipinski definition) is 0. The van der Waals surface area contributed by atoms with Gasteiger partial charge in [-0.1, -0.05) is 18.2 Å². The van der Waals surface area contributed by atoms with E-state index in [1.54, 1.807) is 12.1 Å². The zero-order valence-electron chi connectivity index (χ0n) is 15.2. The summed E-state index contributed by atoms with van der Waals surface area (Å²) in [5.74, 6) is 0. The topological polar surface area (TPSA) is 63.7 Å². The molecule has 2 aliphatic rings. The SMILES string of the molecule is O=S(=O)(c1ccc(N2CCCCC2)cc1)N1CC([S+]([O-])c2ccccc2)C1. The molecule has 2 aromatic rings. The first kappa shape index (κ1) is 18.8. The normalized spacial score (nSPS) is 20.3. The van der Waals surface area contributed by atoms with E-state index in [0.29, 0.717) is 18.0 Å². The maximum absolute atomic E-state index is 12.8. The molecule has 2 saturated heterocycles. The first-order chi connectivity index (χ1) is 13.1. The van der Waals surface area contributed by atoms with Crippen molar-refractivity contribution < 1.29 is 13.0 Å². The van der Waals surface area contributed by atoms with Crippen LogP contribution in [0.25, 0.3) is 0 Å². The predicted molar refractivity (Wildman–Crippen MR) is 108 cm³/mol. The fourth-order valence-electron chi connectivity index (χ4n) is 3.61. The average Bonchev–Trinajstić information content (AvgIpc) is 2.68. The molecule has 4 rings (SSSR count). The Morgan fingerprint density at radius 3 is 2.15 bits per heavy atom. The van der Waals surface area contributed by atoms with Crippen LogP contribution in [-0.2, 0) is 21.2 Å². The van der Waals surface area contributed by atoms with Crippen LogP contribution in [-0.4, -0.2) is 48.7 Å². The van der Waals surface area contributed by atoms with Crippen molar-refractivity contribution in [1.29, 1.82) is 0 Å². The van der Waals surface area contributed by atoms with Crippen LogP contribution in [0.2, 0.25) is 0 Å². The quantitative estimate of drug-likeness (QED) is 0.719. The van der Waals surface area contributed by atoms with E-state index in [2.05, 4.69) is 4.90 Å². The summed E-state index contributed by atoms with van der Waals surface area (Å²) in [4.78, 5) is 3.38. The minimum atomic E-state index is -3.52. The van der Waals surface area contributed by atoms with Crippen LogP contribution >= 0.6 is 0 Å². The number of hydrogen-bond acceptors (Lipinski definition) is 4. The van der Waals surface area contributed by atoms with Crippen molar-refractivity contribution in [3.8, 4) is 0 Å². The van der Waals surface area contributed by atoms with Crippen molar-refractivity contribution >= 4 is 26.9 Å². The van der Waals surface area contributed by atoms with Crippen molar-refractivity contribution in [1.82, 2.24) is 4.31 Å². The van der Waals surface area contributed by atoms with Gasteiger partial charge in [0.2, 0.25) is 10.0 Å².